The third-order valence-corrected chi connectivity index (χ3v) is 4.41. The molecule has 3 unspecified atom stereocenters. The van der Waals surface area contributed by atoms with E-state index in [1.54, 1.807) is 0 Å². The summed E-state index contributed by atoms with van der Waals surface area (Å²) >= 11 is 0. The summed E-state index contributed by atoms with van der Waals surface area (Å²) in [7, 11) is 2.07. The molecule has 1 aliphatic rings. The lowest BCUT2D eigenvalue weighted by Crippen LogP contribution is -2.31. The number of nitrogens with one attached hydrogen (secondary N) is 1. The van der Waals surface area contributed by atoms with Crippen molar-refractivity contribution in [2.24, 2.45) is 5.92 Å². The van der Waals surface area contributed by atoms with Crippen molar-refractivity contribution >= 4 is 0 Å². The van der Waals surface area contributed by atoms with Gasteiger partial charge in [-0.25, -0.2) is 0 Å². The van der Waals surface area contributed by atoms with E-state index in [1.165, 1.54) is 37.1 Å². The van der Waals surface area contributed by atoms with Gasteiger partial charge in [0, 0.05) is 25.2 Å². The number of likely N-dealkylation sites (tertiary alicyclic amines) is 1. The summed E-state index contributed by atoms with van der Waals surface area (Å²) in [5.41, 5.74) is 2.77. The Morgan fingerprint density at radius 2 is 2.16 bits per heavy atom. The van der Waals surface area contributed by atoms with Gasteiger partial charge < -0.3 is 10.2 Å². The molecule has 19 heavy (non-hydrogen) atoms. The zero-order chi connectivity index (χ0) is 13.8. The SMILES string of the molecule is CNC(CCN1CC(C)CC1C)c1cccc(C)c1. The molecule has 2 nitrogen and oxygen atoms in total. The van der Waals surface area contributed by atoms with E-state index in [4.69, 9.17) is 0 Å². The topological polar surface area (TPSA) is 15.3 Å². The number of aryl methyl sites for hydroxylation is 1. The first kappa shape index (κ1) is 14.5. The van der Waals surface area contributed by atoms with Gasteiger partial charge in [-0.15, -0.1) is 0 Å². The number of rotatable bonds is 5. The quantitative estimate of drug-likeness (QED) is 0.873. The lowest BCUT2D eigenvalue weighted by Gasteiger charge is -2.24. The maximum Gasteiger partial charge on any atom is 0.0329 e. The largest absolute Gasteiger partial charge is 0.313 e. The molecule has 1 fully saturated rings. The summed E-state index contributed by atoms with van der Waals surface area (Å²) in [4.78, 5) is 2.64. The van der Waals surface area contributed by atoms with Crippen LogP contribution in [0.25, 0.3) is 0 Å². The first-order valence-electron chi connectivity index (χ1n) is 7.58. The summed E-state index contributed by atoms with van der Waals surface area (Å²) in [5.74, 6) is 0.863. The first-order chi connectivity index (χ1) is 9.10. The average Bonchev–Trinajstić information content (AvgIpc) is 2.69. The maximum absolute atomic E-state index is 3.47. The molecule has 1 aromatic rings. The van der Waals surface area contributed by atoms with Crippen LogP contribution in [-0.4, -0.2) is 31.1 Å². The number of nitrogens with zero attached hydrogens (tertiary/aromatic N) is 1. The molecular weight excluding hydrogens is 232 g/mol. The Hall–Kier alpha value is -0.860. The molecule has 1 saturated heterocycles. The number of hydrogen-bond acceptors (Lipinski definition) is 2. The van der Waals surface area contributed by atoms with Gasteiger partial charge in [-0.1, -0.05) is 36.8 Å². The van der Waals surface area contributed by atoms with Crippen LogP contribution in [0.15, 0.2) is 24.3 Å². The predicted molar refractivity (Wildman–Crippen MR) is 82.4 cm³/mol. The second-order valence-electron chi connectivity index (χ2n) is 6.23. The Balaban J connectivity index is 1.93. The zero-order valence-electron chi connectivity index (χ0n) is 12.8. The fourth-order valence-corrected chi connectivity index (χ4v) is 3.36. The van der Waals surface area contributed by atoms with Gasteiger partial charge in [0.05, 0.1) is 0 Å². The van der Waals surface area contributed by atoms with E-state index in [0.29, 0.717) is 6.04 Å². The number of hydrogen-bond donors (Lipinski definition) is 1. The van der Waals surface area contributed by atoms with Crippen LogP contribution in [0.4, 0.5) is 0 Å². The summed E-state index contributed by atoms with van der Waals surface area (Å²) in [6.07, 6.45) is 2.55. The third-order valence-electron chi connectivity index (χ3n) is 4.41. The highest BCUT2D eigenvalue weighted by Gasteiger charge is 2.26. The molecule has 0 radical (unpaired) electrons. The van der Waals surface area contributed by atoms with Crippen molar-refractivity contribution in [3.63, 3.8) is 0 Å². The highest BCUT2D eigenvalue weighted by Crippen LogP contribution is 2.24. The fourth-order valence-electron chi connectivity index (χ4n) is 3.36. The van der Waals surface area contributed by atoms with E-state index in [2.05, 4.69) is 62.3 Å². The molecule has 106 valence electrons. The van der Waals surface area contributed by atoms with Gasteiger partial charge >= 0.3 is 0 Å². The van der Waals surface area contributed by atoms with E-state index in [1.807, 2.05) is 0 Å². The molecule has 0 amide bonds. The highest BCUT2D eigenvalue weighted by molar-refractivity contribution is 5.25. The Bertz CT molecular complexity index is 402. The van der Waals surface area contributed by atoms with E-state index >= 15 is 0 Å². The summed E-state index contributed by atoms with van der Waals surface area (Å²) in [5, 5.41) is 3.47. The molecule has 3 atom stereocenters. The molecule has 2 rings (SSSR count). The molecular formula is C17H28N2. The van der Waals surface area contributed by atoms with E-state index < -0.39 is 0 Å². The Labute approximate surface area is 118 Å². The van der Waals surface area contributed by atoms with Gasteiger partial charge in [0.2, 0.25) is 0 Å². The molecule has 2 heteroatoms. The molecule has 1 aromatic carbocycles. The van der Waals surface area contributed by atoms with Crippen LogP contribution in [0.5, 0.6) is 0 Å². The van der Waals surface area contributed by atoms with Crippen LogP contribution in [-0.2, 0) is 0 Å². The lowest BCUT2D eigenvalue weighted by atomic mass is 10.0. The van der Waals surface area contributed by atoms with Crippen LogP contribution in [0.2, 0.25) is 0 Å². The minimum Gasteiger partial charge on any atom is -0.313 e. The maximum atomic E-state index is 3.47. The average molecular weight is 260 g/mol. The Morgan fingerprint density at radius 3 is 2.74 bits per heavy atom. The zero-order valence-corrected chi connectivity index (χ0v) is 12.8. The lowest BCUT2D eigenvalue weighted by molar-refractivity contribution is 0.250. The van der Waals surface area contributed by atoms with Gasteiger partial charge in [-0.3, -0.25) is 0 Å². The monoisotopic (exact) mass is 260 g/mol. The van der Waals surface area contributed by atoms with Crippen molar-refractivity contribution in [2.75, 3.05) is 20.1 Å². The molecule has 0 aromatic heterocycles. The fraction of sp³-hybridized carbons (Fsp3) is 0.647. The number of benzene rings is 1. The van der Waals surface area contributed by atoms with Crippen LogP contribution < -0.4 is 5.32 Å². The van der Waals surface area contributed by atoms with Crippen LogP contribution >= 0.6 is 0 Å². The third kappa shape index (κ3) is 3.80. The van der Waals surface area contributed by atoms with E-state index in [0.717, 1.165) is 12.0 Å². The van der Waals surface area contributed by atoms with Crippen LogP contribution in [0.3, 0.4) is 0 Å². The van der Waals surface area contributed by atoms with Crippen LogP contribution in [0, 0.1) is 12.8 Å². The van der Waals surface area contributed by atoms with Crippen molar-refractivity contribution in [3.8, 4) is 0 Å². The molecule has 0 spiro atoms. The molecule has 0 saturated carbocycles. The standard InChI is InChI=1S/C17H28N2/c1-13-6-5-7-16(11-13)17(18-4)8-9-19-12-14(2)10-15(19)3/h5-7,11,14-15,17-18H,8-10,12H2,1-4H3. The minimum atomic E-state index is 0.475. The Kier molecular flexibility index (Phi) is 5.00. The highest BCUT2D eigenvalue weighted by atomic mass is 15.2. The van der Waals surface area contributed by atoms with Crippen molar-refractivity contribution in [2.45, 2.75) is 45.7 Å². The Morgan fingerprint density at radius 1 is 1.37 bits per heavy atom. The van der Waals surface area contributed by atoms with Crippen LogP contribution in [0.1, 0.15) is 43.9 Å². The van der Waals surface area contributed by atoms with E-state index in [-0.39, 0.29) is 0 Å². The van der Waals surface area contributed by atoms with Crippen molar-refractivity contribution in [1.82, 2.24) is 10.2 Å². The molecule has 0 aliphatic carbocycles. The second-order valence-corrected chi connectivity index (χ2v) is 6.23. The molecule has 1 aliphatic heterocycles. The molecule has 1 heterocycles. The smallest absolute Gasteiger partial charge is 0.0329 e. The van der Waals surface area contributed by atoms with Crippen molar-refractivity contribution in [1.29, 1.82) is 0 Å². The van der Waals surface area contributed by atoms with Gasteiger partial charge in [0.25, 0.3) is 0 Å². The van der Waals surface area contributed by atoms with Gasteiger partial charge in [-0.05, 0) is 45.2 Å². The van der Waals surface area contributed by atoms with Gasteiger partial charge in [0.1, 0.15) is 0 Å². The first-order valence-corrected chi connectivity index (χ1v) is 7.58. The summed E-state index contributed by atoms with van der Waals surface area (Å²) in [6, 6.07) is 10.1. The summed E-state index contributed by atoms with van der Waals surface area (Å²) in [6.45, 7) is 9.37. The normalized spacial score (nSPS) is 25.7. The predicted octanol–water partition coefficient (Wildman–Crippen LogP) is 3.38. The van der Waals surface area contributed by atoms with E-state index in [9.17, 15) is 0 Å². The molecule has 0 bridgehead atoms. The van der Waals surface area contributed by atoms with Crippen molar-refractivity contribution < 1.29 is 0 Å². The van der Waals surface area contributed by atoms with Crippen molar-refractivity contribution in [3.05, 3.63) is 35.4 Å². The van der Waals surface area contributed by atoms with Gasteiger partial charge in [0.15, 0.2) is 0 Å². The van der Waals surface area contributed by atoms with Gasteiger partial charge in [-0.2, -0.15) is 0 Å². The molecule has 1 N–H and O–H groups in total. The second kappa shape index (κ2) is 6.53. The minimum absolute atomic E-state index is 0.475. The summed E-state index contributed by atoms with van der Waals surface area (Å²) < 4.78 is 0.